The molecule has 0 saturated carbocycles. The lowest BCUT2D eigenvalue weighted by Crippen LogP contribution is -2.42. The van der Waals surface area contributed by atoms with Gasteiger partial charge in [-0.3, -0.25) is 0 Å². The second kappa shape index (κ2) is 9.71. The maximum Gasteiger partial charge on any atom is 0.143 e. The van der Waals surface area contributed by atoms with Crippen LogP contribution in [-0.2, 0) is 5.41 Å². The van der Waals surface area contributed by atoms with E-state index in [0.29, 0.717) is 0 Å². The third kappa shape index (κ3) is 3.72. The van der Waals surface area contributed by atoms with Crippen LogP contribution in [0.4, 0.5) is 0 Å². The highest BCUT2D eigenvalue weighted by Crippen LogP contribution is 2.50. The Morgan fingerprint density at radius 3 is 1.86 bits per heavy atom. The first-order chi connectivity index (χ1) is 24.1. The normalized spacial score (nSPS) is 17.9. The molecule has 1 aliphatic heterocycles. The molecule has 1 aliphatic carbocycles. The molecular weight excluding hydrogens is 597 g/mol. The minimum absolute atomic E-state index is 0.0320. The maximum atomic E-state index is 6.60. The van der Waals surface area contributed by atoms with E-state index in [0.717, 1.165) is 33.1 Å². The Hall–Kier alpha value is -6.12. The van der Waals surface area contributed by atoms with Crippen molar-refractivity contribution in [2.75, 3.05) is 0 Å². The SMILES string of the molecule is CC12C=c3ccccc3=CC1Oc1ccc(-c3c4ccccc4c(-c4ccc5oc6c7ccccc7ccc6c5c4)c4ccccc34)cc12. The Labute approximate surface area is 282 Å². The van der Waals surface area contributed by atoms with Gasteiger partial charge in [0, 0.05) is 21.7 Å². The molecule has 2 nitrogen and oxygen atoms in total. The van der Waals surface area contributed by atoms with Gasteiger partial charge < -0.3 is 9.15 Å². The highest BCUT2D eigenvalue weighted by atomic mass is 16.5. The van der Waals surface area contributed by atoms with E-state index in [1.807, 2.05) is 0 Å². The molecule has 8 aromatic carbocycles. The molecule has 11 rings (SSSR count). The first-order valence-electron chi connectivity index (χ1n) is 17.0. The molecule has 2 aliphatic rings. The van der Waals surface area contributed by atoms with Gasteiger partial charge in [-0.1, -0.05) is 121 Å². The molecule has 0 N–H and O–H groups in total. The van der Waals surface area contributed by atoms with Crippen molar-refractivity contribution in [2.24, 2.45) is 0 Å². The first kappa shape index (κ1) is 26.9. The van der Waals surface area contributed by atoms with Gasteiger partial charge in [0.1, 0.15) is 23.0 Å². The fourth-order valence-electron chi connectivity index (χ4n) is 8.68. The van der Waals surface area contributed by atoms with Crippen LogP contribution in [-0.4, -0.2) is 6.10 Å². The monoisotopic (exact) mass is 626 g/mol. The van der Waals surface area contributed by atoms with Crippen LogP contribution < -0.4 is 15.2 Å². The fourth-order valence-corrected chi connectivity index (χ4v) is 8.68. The van der Waals surface area contributed by atoms with E-state index in [1.165, 1.54) is 65.2 Å². The molecule has 2 heteroatoms. The lowest BCUT2D eigenvalue weighted by molar-refractivity contribution is 0.250. The highest BCUT2D eigenvalue weighted by Gasteiger charge is 2.44. The predicted octanol–water partition coefficient (Wildman–Crippen LogP) is 10.7. The van der Waals surface area contributed by atoms with Crippen molar-refractivity contribution >= 4 is 66.4 Å². The molecule has 0 spiro atoms. The summed E-state index contributed by atoms with van der Waals surface area (Å²) >= 11 is 0. The first-order valence-corrected chi connectivity index (χ1v) is 17.0. The zero-order chi connectivity index (χ0) is 32.3. The summed E-state index contributed by atoms with van der Waals surface area (Å²) in [5, 5.41) is 12.1. The van der Waals surface area contributed by atoms with E-state index in [4.69, 9.17) is 9.15 Å². The van der Waals surface area contributed by atoms with Crippen LogP contribution in [0, 0.1) is 0 Å². The quantitative estimate of drug-likeness (QED) is 0.178. The van der Waals surface area contributed by atoms with Crippen molar-refractivity contribution in [1.82, 2.24) is 0 Å². The van der Waals surface area contributed by atoms with Gasteiger partial charge in [-0.2, -0.15) is 0 Å². The van der Waals surface area contributed by atoms with E-state index in [2.05, 4.69) is 165 Å². The summed E-state index contributed by atoms with van der Waals surface area (Å²) in [6.07, 6.45) is 4.66. The number of hydrogen-bond acceptors (Lipinski definition) is 2. The highest BCUT2D eigenvalue weighted by molar-refractivity contribution is 6.23. The molecule has 49 heavy (non-hydrogen) atoms. The lowest BCUT2D eigenvalue weighted by Gasteiger charge is -2.28. The third-order valence-corrected chi connectivity index (χ3v) is 11.1. The predicted molar refractivity (Wildman–Crippen MR) is 203 cm³/mol. The van der Waals surface area contributed by atoms with Gasteiger partial charge in [-0.05, 0) is 103 Å². The second-order valence-electron chi connectivity index (χ2n) is 13.8. The Bertz CT molecular complexity index is 2940. The molecule has 2 heterocycles. The Kier molecular flexibility index (Phi) is 5.33. The number of ether oxygens (including phenoxy) is 1. The third-order valence-electron chi connectivity index (χ3n) is 11.1. The van der Waals surface area contributed by atoms with Gasteiger partial charge in [0.15, 0.2) is 0 Å². The molecular formula is C47H30O2. The number of benzene rings is 8. The van der Waals surface area contributed by atoms with Crippen molar-refractivity contribution in [3.8, 4) is 28.0 Å². The van der Waals surface area contributed by atoms with E-state index in [1.54, 1.807) is 0 Å². The second-order valence-corrected chi connectivity index (χ2v) is 13.8. The van der Waals surface area contributed by atoms with Crippen LogP contribution >= 0.6 is 0 Å². The fraction of sp³-hybridized carbons (Fsp3) is 0.0638. The van der Waals surface area contributed by atoms with Gasteiger partial charge in [0.05, 0.1) is 5.41 Å². The van der Waals surface area contributed by atoms with Gasteiger partial charge in [0.2, 0.25) is 0 Å². The van der Waals surface area contributed by atoms with Crippen LogP contribution in [0.15, 0.2) is 150 Å². The van der Waals surface area contributed by atoms with E-state index in [9.17, 15) is 0 Å². The van der Waals surface area contributed by atoms with Crippen molar-refractivity contribution in [3.05, 3.63) is 162 Å². The van der Waals surface area contributed by atoms with Crippen molar-refractivity contribution in [1.29, 1.82) is 0 Å². The van der Waals surface area contributed by atoms with Crippen molar-refractivity contribution in [3.63, 3.8) is 0 Å². The smallest absolute Gasteiger partial charge is 0.143 e. The summed E-state index contributed by atoms with van der Waals surface area (Å²) in [5.74, 6) is 0.968. The van der Waals surface area contributed by atoms with Crippen LogP contribution in [0.25, 0.3) is 88.7 Å². The molecule has 0 radical (unpaired) electrons. The summed E-state index contributed by atoms with van der Waals surface area (Å²) in [6, 6.07) is 52.7. The number of furan rings is 1. The molecule has 230 valence electrons. The Morgan fingerprint density at radius 1 is 0.510 bits per heavy atom. The molecule has 9 aromatic rings. The van der Waals surface area contributed by atoms with Gasteiger partial charge in [-0.15, -0.1) is 0 Å². The molecule has 0 bridgehead atoms. The topological polar surface area (TPSA) is 22.4 Å². The number of fused-ring (bicyclic) bond motifs is 11. The van der Waals surface area contributed by atoms with Crippen molar-refractivity contribution < 1.29 is 9.15 Å². The minimum Gasteiger partial charge on any atom is -0.485 e. The zero-order valence-electron chi connectivity index (χ0n) is 26.9. The summed E-state index contributed by atoms with van der Waals surface area (Å²) in [4.78, 5) is 0. The molecule has 0 fully saturated rings. The summed E-state index contributed by atoms with van der Waals surface area (Å²) in [5.41, 5.74) is 7.74. The standard InChI is InChI=1S/C47H30O2/c1-47-27-32-12-3-2-11-29(32)26-43(47)48-42-23-20-31(25-40(42)47)45-36-16-8-6-14-34(36)44(35-15-7-9-17-37(35)45)30-19-22-41-39(24-30)38-21-18-28-10-4-5-13-33(28)46(38)49-41/h2-27,43H,1H3. The van der Waals surface area contributed by atoms with Crippen LogP contribution in [0.2, 0.25) is 0 Å². The molecule has 1 aromatic heterocycles. The minimum atomic E-state index is -0.251. The van der Waals surface area contributed by atoms with E-state index < -0.39 is 0 Å². The van der Waals surface area contributed by atoms with E-state index >= 15 is 0 Å². The Balaban J connectivity index is 1.15. The van der Waals surface area contributed by atoms with E-state index in [-0.39, 0.29) is 11.5 Å². The summed E-state index contributed by atoms with van der Waals surface area (Å²) in [7, 11) is 0. The summed E-state index contributed by atoms with van der Waals surface area (Å²) in [6.45, 7) is 2.32. The Morgan fingerprint density at radius 2 is 1.12 bits per heavy atom. The van der Waals surface area contributed by atoms with Gasteiger partial charge in [-0.25, -0.2) is 0 Å². The molecule has 2 unspecified atom stereocenters. The number of hydrogen-bond donors (Lipinski definition) is 0. The molecule has 0 amide bonds. The van der Waals surface area contributed by atoms with Gasteiger partial charge in [0.25, 0.3) is 0 Å². The average Bonchev–Trinajstić information content (AvgIpc) is 3.66. The molecule has 0 saturated heterocycles. The van der Waals surface area contributed by atoms with Gasteiger partial charge >= 0.3 is 0 Å². The van der Waals surface area contributed by atoms with Crippen LogP contribution in [0.5, 0.6) is 5.75 Å². The average molecular weight is 627 g/mol. The summed E-state index contributed by atoms with van der Waals surface area (Å²) < 4.78 is 13.1. The number of rotatable bonds is 2. The lowest BCUT2D eigenvalue weighted by atomic mass is 9.75. The zero-order valence-corrected chi connectivity index (χ0v) is 26.9. The maximum absolute atomic E-state index is 6.60. The largest absolute Gasteiger partial charge is 0.485 e. The van der Waals surface area contributed by atoms with Crippen molar-refractivity contribution in [2.45, 2.75) is 18.4 Å². The molecule has 2 atom stereocenters. The van der Waals surface area contributed by atoms with Crippen LogP contribution in [0.1, 0.15) is 12.5 Å². The van der Waals surface area contributed by atoms with Crippen LogP contribution in [0.3, 0.4) is 0 Å².